The van der Waals surface area contributed by atoms with Crippen LogP contribution in [0.2, 0.25) is 0 Å². The molecule has 1 aliphatic heterocycles. The van der Waals surface area contributed by atoms with Gasteiger partial charge in [-0.05, 0) is 29.7 Å². The van der Waals surface area contributed by atoms with Gasteiger partial charge in [0.1, 0.15) is 6.10 Å². The molecule has 1 amide bonds. The second-order valence-electron chi connectivity index (χ2n) is 7.21. The summed E-state index contributed by atoms with van der Waals surface area (Å²) in [5, 5.41) is 0.460. The Morgan fingerprint density at radius 3 is 2.59 bits per heavy atom. The molecular weight excluding hydrogens is 507 g/mol. The zero-order valence-corrected chi connectivity index (χ0v) is 21.6. The Balaban J connectivity index is 0.00000324. The maximum absolute atomic E-state index is 13.4. The summed E-state index contributed by atoms with van der Waals surface area (Å²) in [5.74, 6) is 0. The topological polar surface area (TPSA) is 132 Å². The SMILES string of the molecule is O=C1O[C@H](COP(=O)([O-])O)CN1c1ccc2cc(-c3ccccc3C(F)(F)F)[nH]c(=O)c2c1.[K+]. The van der Waals surface area contributed by atoms with Gasteiger partial charge in [-0.2, -0.15) is 13.2 Å². The Hall–Kier alpha value is -1.54. The van der Waals surface area contributed by atoms with Gasteiger partial charge in [0.15, 0.2) is 0 Å². The number of alkyl halides is 3. The summed E-state index contributed by atoms with van der Waals surface area (Å²) in [6.07, 6.45) is -6.42. The fourth-order valence-electron chi connectivity index (χ4n) is 3.52. The first-order valence-electron chi connectivity index (χ1n) is 9.42. The molecule has 2 aromatic carbocycles. The molecule has 9 nitrogen and oxygen atoms in total. The van der Waals surface area contributed by atoms with Crippen LogP contribution in [-0.2, 0) is 20.0 Å². The van der Waals surface area contributed by atoms with Crippen LogP contribution in [0, 0.1) is 0 Å². The summed E-state index contributed by atoms with van der Waals surface area (Å²) in [6.45, 7) is -0.699. The average Bonchev–Trinajstić information content (AvgIpc) is 3.11. The van der Waals surface area contributed by atoms with E-state index < -0.39 is 43.9 Å². The molecule has 3 aromatic rings. The van der Waals surface area contributed by atoms with Crippen molar-refractivity contribution in [3.63, 3.8) is 0 Å². The minimum atomic E-state index is -4.99. The molecule has 0 bridgehead atoms. The predicted octanol–water partition coefficient (Wildman–Crippen LogP) is 0.0204. The number of ether oxygens (including phenoxy) is 1. The summed E-state index contributed by atoms with van der Waals surface area (Å²) in [7, 11) is -4.99. The minimum Gasteiger partial charge on any atom is -0.756 e. The molecule has 1 fully saturated rings. The number of benzene rings is 2. The van der Waals surface area contributed by atoms with E-state index in [0.717, 1.165) is 11.0 Å². The van der Waals surface area contributed by atoms with Crippen molar-refractivity contribution in [1.82, 2.24) is 4.98 Å². The van der Waals surface area contributed by atoms with Gasteiger partial charge >= 0.3 is 63.7 Å². The van der Waals surface area contributed by atoms with Gasteiger partial charge in [0.25, 0.3) is 13.4 Å². The standard InChI is InChI=1S/C20H16F3N2O7P.K/c21-20(22,23)16-4-2-1-3-14(16)17-7-11-5-6-12(8-15(11)18(26)24-17)25-9-13(32-19(25)27)10-31-33(28,29)30;/h1-8,13H,9-10H2,(H,24,26)(H2,28,29,30);/q;+1/p-1/t13-;/m0./s1. The number of aromatic nitrogens is 1. The Kier molecular flexibility index (Phi) is 8.12. The number of hydrogen-bond donors (Lipinski definition) is 2. The molecule has 0 spiro atoms. The molecule has 1 saturated heterocycles. The number of phosphoric ester groups is 1. The number of cyclic esters (lactones) is 1. The number of anilines is 1. The summed E-state index contributed by atoms with van der Waals surface area (Å²) in [6, 6.07) is 10.6. The fourth-order valence-corrected chi connectivity index (χ4v) is 3.88. The Morgan fingerprint density at radius 2 is 1.91 bits per heavy atom. The van der Waals surface area contributed by atoms with E-state index in [0.29, 0.717) is 5.39 Å². The van der Waals surface area contributed by atoms with E-state index in [1.165, 1.54) is 42.5 Å². The van der Waals surface area contributed by atoms with Gasteiger partial charge in [0, 0.05) is 22.3 Å². The zero-order chi connectivity index (χ0) is 24.0. The Morgan fingerprint density at radius 1 is 1.21 bits per heavy atom. The first-order valence-corrected chi connectivity index (χ1v) is 10.9. The summed E-state index contributed by atoms with van der Waals surface area (Å²) < 4.78 is 60.0. The van der Waals surface area contributed by atoms with Crippen LogP contribution in [0.5, 0.6) is 0 Å². The van der Waals surface area contributed by atoms with Crippen LogP contribution in [0.1, 0.15) is 5.56 Å². The second kappa shape index (κ2) is 10.2. The molecule has 2 atom stereocenters. The second-order valence-corrected chi connectivity index (χ2v) is 8.40. The number of rotatable bonds is 5. The normalized spacial score (nSPS) is 17.9. The molecule has 1 aromatic heterocycles. The number of nitrogens with one attached hydrogen (secondary N) is 1. The first kappa shape index (κ1) is 27.1. The van der Waals surface area contributed by atoms with E-state index in [4.69, 9.17) is 9.63 Å². The van der Waals surface area contributed by atoms with Gasteiger partial charge in [-0.1, -0.05) is 24.3 Å². The van der Waals surface area contributed by atoms with Gasteiger partial charge in [0.05, 0.1) is 18.7 Å². The van der Waals surface area contributed by atoms with Crippen LogP contribution in [0.4, 0.5) is 23.7 Å². The van der Waals surface area contributed by atoms with Crippen LogP contribution in [0.15, 0.2) is 53.3 Å². The number of pyridine rings is 1. The van der Waals surface area contributed by atoms with E-state index in [-0.39, 0.29) is 80.3 Å². The van der Waals surface area contributed by atoms with Crippen molar-refractivity contribution in [2.75, 3.05) is 18.1 Å². The van der Waals surface area contributed by atoms with Crippen molar-refractivity contribution >= 4 is 30.4 Å². The van der Waals surface area contributed by atoms with Crippen molar-refractivity contribution < 1.29 is 93.0 Å². The molecular formula is C20H15F3KN2O7P. The van der Waals surface area contributed by atoms with Crippen LogP contribution in [0.3, 0.4) is 0 Å². The first-order chi connectivity index (χ1) is 15.4. The number of carbonyl (C=O) groups is 1. The molecule has 0 aliphatic carbocycles. The summed E-state index contributed by atoms with van der Waals surface area (Å²) in [5.41, 5.74) is -1.51. The molecule has 1 unspecified atom stereocenters. The van der Waals surface area contributed by atoms with Crippen LogP contribution >= 0.6 is 7.82 Å². The maximum Gasteiger partial charge on any atom is 1.00 e. The third-order valence-electron chi connectivity index (χ3n) is 4.96. The van der Waals surface area contributed by atoms with E-state index in [1.807, 2.05) is 0 Å². The van der Waals surface area contributed by atoms with Crippen LogP contribution < -0.4 is 66.7 Å². The van der Waals surface area contributed by atoms with Crippen molar-refractivity contribution in [2.45, 2.75) is 12.3 Å². The van der Waals surface area contributed by atoms with Crippen molar-refractivity contribution in [2.24, 2.45) is 0 Å². The quantitative estimate of drug-likeness (QED) is 0.357. The molecule has 14 heteroatoms. The zero-order valence-electron chi connectivity index (χ0n) is 17.5. The predicted molar refractivity (Wildman–Crippen MR) is 108 cm³/mol. The smallest absolute Gasteiger partial charge is 0.756 e. The Labute approximate surface area is 232 Å². The number of H-pyrrole nitrogens is 1. The number of aromatic amines is 1. The van der Waals surface area contributed by atoms with Crippen LogP contribution in [0.25, 0.3) is 22.0 Å². The number of hydrogen-bond acceptors (Lipinski definition) is 6. The van der Waals surface area contributed by atoms with Gasteiger partial charge in [-0.3, -0.25) is 14.3 Å². The van der Waals surface area contributed by atoms with Gasteiger partial charge in [0.2, 0.25) is 0 Å². The number of phosphoric acid groups is 1. The molecule has 174 valence electrons. The number of amides is 1. The van der Waals surface area contributed by atoms with E-state index in [2.05, 4.69) is 9.51 Å². The van der Waals surface area contributed by atoms with Crippen molar-refractivity contribution in [1.29, 1.82) is 0 Å². The number of nitrogens with zero attached hydrogens (tertiary/aromatic N) is 1. The van der Waals surface area contributed by atoms with Gasteiger partial charge in [-0.15, -0.1) is 0 Å². The number of fused-ring (bicyclic) bond motifs is 1. The Bertz CT molecular complexity index is 1340. The number of carbonyl (C=O) groups excluding carboxylic acids is 1. The molecule has 4 rings (SSSR count). The molecule has 1 aliphatic rings. The summed E-state index contributed by atoms with van der Waals surface area (Å²) in [4.78, 5) is 47.8. The van der Waals surface area contributed by atoms with E-state index in [9.17, 15) is 32.2 Å². The van der Waals surface area contributed by atoms with Gasteiger partial charge in [-0.25, -0.2) is 4.79 Å². The molecule has 34 heavy (non-hydrogen) atoms. The van der Waals surface area contributed by atoms with Crippen LogP contribution in [-0.4, -0.2) is 35.2 Å². The maximum atomic E-state index is 13.4. The van der Waals surface area contributed by atoms with E-state index in [1.54, 1.807) is 0 Å². The molecule has 0 saturated carbocycles. The minimum absolute atomic E-state index is 0. The number of halogens is 3. The molecule has 0 radical (unpaired) electrons. The summed E-state index contributed by atoms with van der Waals surface area (Å²) >= 11 is 0. The van der Waals surface area contributed by atoms with Crippen molar-refractivity contribution in [3.8, 4) is 11.3 Å². The third kappa shape index (κ3) is 5.98. The molecule has 2 N–H and O–H groups in total. The average molecular weight is 522 g/mol. The van der Waals surface area contributed by atoms with Gasteiger partial charge < -0.3 is 24.0 Å². The largest absolute Gasteiger partial charge is 1.00 e. The van der Waals surface area contributed by atoms with Crippen molar-refractivity contribution in [3.05, 3.63) is 64.4 Å². The third-order valence-corrected chi connectivity index (χ3v) is 5.44. The fraction of sp³-hybridized carbons (Fsp3) is 0.200. The van der Waals surface area contributed by atoms with E-state index >= 15 is 0 Å². The monoisotopic (exact) mass is 522 g/mol. The molecule has 2 heterocycles.